The Balaban J connectivity index is 2.10. The largest absolute Gasteiger partial charge is 0.463 e. The van der Waals surface area contributed by atoms with E-state index in [0.717, 1.165) is 37.1 Å². The summed E-state index contributed by atoms with van der Waals surface area (Å²) in [5, 5.41) is 9.50. The van der Waals surface area contributed by atoms with Crippen LogP contribution in [0, 0.1) is 6.92 Å². The molecule has 1 aromatic heterocycles. The molecule has 1 aliphatic rings. The van der Waals surface area contributed by atoms with Gasteiger partial charge in [0.15, 0.2) is 0 Å². The van der Waals surface area contributed by atoms with Crippen molar-refractivity contribution >= 4 is 5.97 Å². The molecule has 0 bridgehead atoms. The molecule has 1 atom stereocenters. The topological polar surface area (TPSA) is 62.9 Å². The van der Waals surface area contributed by atoms with Gasteiger partial charge in [-0.15, -0.1) is 0 Å². The number of esters is 1. The highest BCUT2D eigenvalue weighted by Gasteiger charge is 2.23. The molecule has 5 heteroatoms. The van der Waals surface area contributed by atoms with Gasteiger partial charge in [-0.05, 0) is 32.4 Å². The molecule has 112 valence electrons. The standard InChI is InChI=1S/C15H23NO4/c1-11-8-13(20-14(11)15(18)19-2)9-16-7-5-3-4-6-12(16)10-17/h8,12,17H,3-7,9-10H2,1-2H3. The maximum Gasteiger partial charge on any atom is 0.374 e. The fourth-order valence-electron chi connectivity index (χ4n) is 2.77. The van der Waals surface area contributed by atoms with Gasteiger partial charge in [-0.3, -0.25) is 4.90 Å². The van der Waals surface area contributed by atoms with E-state index in [9.17, 15) is 9.90 Å². The van der Waals surface area contributed by atoms with Crippen LogP contribution in [0.15, 0.2) is 10.5 Å². The van der Waals surface area contributed by atoms with Crippen LogP contribution in [0.5, 0.6) is 0 Å². The Morgan fingerprint density at radius 1 is 1.50 bits per heavy atom. The van der Waals surface area contributed by atoms with Crippen molar-refractivity contribution in [3.05, 3.63) is 23.2 Å². The number of aliphatic hydroxyl groups is 1. The molecule has 1 fully saturated rings. The van der Waals surface area contributed by atoms with Gasteiger partial charge < -0.3 is 14.3 Å². The van der Waals surface area contributed by atoms with Gasteiger partial charge in [0.1, 0.15) is 5.76 Å². The lowest BCUT2D eigenvalue weighted by Crippen LogP contribution is -2.36. The van der Waals surface area contributed by atoms with Crippen molar-refractivity contribution < 1.29 is 19.1 Å². The van der Waals surface area contributed by atoms with Gasteiger partial charge in [0.25, 0.3) is 0 Å². The molecule has 2 heterocycles. The second-order valence-corrected chi connectivity index (χ2v) is 5.37. The number of aryl methyl sites for hydroxylation is 1. The van der Waals surface area contributed by atoms with Crippen LogP contribution in [0.3, 0.4) is 0 Å². The SMILES string of the molecule is COC(=O)c1oc(CN2CCCCCC2CO)cc1C. The number of aliphatic hydroxyl groups excluding tert-OH is 1. The molecule has 5 nitrogen and oxygen atoms in total. The number of hydrogen-bond acceptors (Lipinski definition) is 5. The van der Waals surface area contributed by atoms with Crippen molar-refractivity contribution in [1.29, 1.82) is 0 Å². The average molecular weight is 281 g/mol. The Hall–Kier alpha value is -1.33. The van der Waals surface area contributed by atoms with Crippen LogP contribution >= 0.6 is 0 Å². The third-order valence-corrected chi connectivity index (χ3v) is 3.91. The van der Waals surface area contributed by atoms with E-state index in [0.29, 0.717) is 6.54 Å². The zero-order chi connectivity index (χ0) is 14.5. The maximum absolute atomic E-state index is 11.5. The van der Waals surface area contributed by atoms with E-state index in [2.05, 4.69) is 4.90 Å². The monoisotopic (exact) mass is 281 g/mol. The first-order valence-electron chi connectivity index (χ1n) is 7.18. The summed E-state index contributed by atoms with van der Waals surface area (Å²) >= 11 is 0. The lowest BCUT2D eigenvalue weighted by Gasteiger charge is -2.27. The summed E-state index contributed by atoms with van der Waals surface area (Å²) in [4.78, 5) is 13.8. The second-order valence-electron chi connectivity index (χ2n) is 5.37. The molecule has 0 saturated carbocycles. The third-order valence-electron chi connectivity index (χ3n) is 3.91. The van der Waals surface area contributed by atoms with Crippen molar-refractivity contribution in [2.45, 2.75) is 45.2 Å². The summed E-state index contributed by atoms with van der Waals surface area (Å²) in [6, 6.07) is 2.07. The summed E-state index contributed by atoms with van der Waals surface area (Å²) < 4.78 is 10.3. The van der Waals surface area contributed by atoms with Crippen LogP contribution in [0.2, 0.25) is 0 Å². The average Bonchev–Trinajstić information content (AvgIpc) is 2.67. The second kappa shape index (κ2) is 6.90. The zero-order valence-electron chi connectivity index (χ0n) is 12.2. The van der Waals surface area contributed by atoms with E-state index < -0.39 is 5.97 Å². The molecule has 0 spiro atoms. The highest BCUT2D eigenvalue weighted by Crippen LogP contribution is 2.22. The van der Waals surface area contributed by atoms with E-state index in [1.54, 1.807) is 0 Å². The number of carbonyl (C=O) groups excluding carboxylic acids is 1. The first-order valence-corrected chi connectivity index (χ1v) is 7.18. The molecule has 0 aliphatic carbocycles. The Bertz CT molecular complexity index is 455. The van der Waals surface area contributed by atoms with E-state index in [-0.39, 0.29) is 18.4 Å². The molecule has 0 amide bonds. The fourth-order valence-corrected chi connectivity index (χ4v) is 2.77. The Morgan fingerprint density at radius 2 is 2.30 bits per heavy atom. The molecule has 2 rings (SSSR count). The molecule has 1 aliphatic heterocycles. The molecular formula is C15H23NO4. The molecular weight excluding hydrogens is 258 g/mol. The van der Waals surface area contributed by atoms with Crippen molar-refractivity contribution in [3.8, 4) is 0 Å². The van der Waals surface area contributed by atoms with Gasteiger partial charge in [0, 0.05) is 11.6 Å². The number of rotatable bonds is 4. The molecule has 1 aromatic rings. The minimum Gasteiger partial charge on any atom is -0.463 e. The number of methoxy groups -OCH3 is 1. The molecule has 0 aromatic carbocycles. The minimum absolute atomic E-state index is 0.170. The van der Waals surface area contributed by atoms with Crippen LogP contribution in [0.25, 0.3) is 0 Å². The van der Waals surface area contributed by atoms with E-state index in [4.69, 9.17) is 9.15 Å². The van der Waals surface area contributed by atoms with Crippen LogP contribution in [0.4, 0.5) is 0 Å². The molecule has 1 unspecified atom stereocenters. The summed E-state index contributed by atoms with van der Waals surface area (Å²) in [5.74, 6) is 0.587. The summed E-state index contributed by atoms with van der Waals surface area (Å²) in [6.07, 6.45) is 4.52. The van der Waals surface area contributed by atoms with Gasteiger partial charge >= 0.3 is 5.97 Å². The van der Waals surface area contributed by atoms with Gasteiger partial charge in [0.2, 0.25) is 5.76 Å². The molecule has 1 saturated heterocycles. The zero-order valence-corrected chi connectivity index (χ0v) is 12.2. The minimum atomic E-state index is -0.441. The smallest absolute Gasteiger partial charge is 0.374 e. The molecule has 20 heavy (non-hydrogen) atoms. The fraction of sp³-hybridized carbons (Fsp3) is 0.667. The van der Waals surface area contributed by atoms with Crippen molar-refractivity contribution in [2.75, 3.05) is 20.3 Å². The van der Waals surface area contributed by atoms with E-state index >= 15 is 0 Å². The lowest BCUT2D eigenvalue weighted by molar-refractivity contribution is 0.0556. The predicted molar refractivity (Wildman–Crippen MR) is 74.5 cm³/mol. The highest BCUT2D eigenvalue weighted by atomic mass is 16.5. The highest BCUT2D eigenvalue weighted by molar-refractivity contribution is 5.87. The van der Waals surface area contributed by atoms with Crippen LogP contribution in [-0.2, 0) is 11.3 Å². The van der Waals surface area contributed by atoms with Crippen molar-refractivity contribution in [3.63, 3.8) is 0 Å². The predicted octanol–water partition coefficient (Wildman–Crippen LogP) is 2.11. The Kier molecular flexibility index (Phi) is 5.20. The van der Waals surface area contributed by atoms with Crippen molar-refractivity contribution in [2.24, 2.45) is 0 Å². The first-order chi connectivity index (χ1) is 9.65. The van der Waals surface area contributed by atoms with Gasteiger partial charge in [0.05, 0.1) is 20.3 Å². The van der Waals surface area contributed by atoms with Gasteiger partial charge in [-0.25, -0.2) is 4.79 Å². The van der Waals surface area contributed by atoms with E-state index in [1.165, 1.54) is 13.5 Å². The molecule has 0 radical (unpaired) electrons. The quantitative estimate of drug-likeness (QED) is 0.856. The van der Waals surface area contributed by atoms with Gasteiger partial charge in [-0.1, -0.05) is 12.8 Å². The van der Waals surface area contributed by atoms with Gasteiger partial charge in [-0.2, -0.15) is 0 Å². The number of furan rings is 1. The number of ether oxygens (including phenoxy) is 1. The summed E-state index contributed by atoms with van der Waals surface area (Å²) in [7, 11) is 1.35. The normalized spacial score (nSPS) is 20.6. The van der Waals surface area contributed by atoms with Crippen LogP contribution in [-0.4, -0.2) is 42.3 Å². The number of carbonyl (C=O) groups is 1. The first kappa shape index (κ1) is 15.1. The summed E-state index contributed by atoms with van der Waals surface area (Å²) in [5.41, 5.74) is 0.794. The van der Waals surface area contributed by atoms with Crippen LogP contribution in [0.1, 0.15) is 47.6 Å². The number of likely N-dealkylation sites (tertiary alicyclic amines) is 1. The maximum atomic E-state index is 11.5. The summed E-state index contributed by atoms with van der Waals surface area (Å²) in [6.45, 7) is 3.59. The molecule has 1 N–H and O–H groups in total. The Morgan fingerprint density at radius 3 is 3.00 bits per heavy atom. The number of nitrogens with zero attached hydrogens (tertiary/aromatic N) is 1. The van der Waals surface area contributed by atoms with Crippen molar-refractivity contribution in [1.82, 2.24) is 4.90 Å². The van der Waals surface area contributed by atoms with Crippen LogP contribution < -0.4 is 0 Å². The lowest BCUT2D eigenvalue weighted by atomic mass is 10.1. The van der Waals surface area contributed by atoms with E-state index in [1.807, 2.05) is 13.0 Å². The Labute approximate surface area is 119 Å². The number of hydrogen-bond donors (Lipinski definition) is 1. The third kappa shape index (κ3) is 3.41.